The van der Waals surface area contributed by atoms with Crippen LogP contribution in [0.15, 0.2) is 29.4 Å². The summed E-state index contributed by atoms with van der Waals surface area (Å²) in [6.45, 7) is 1.93. The van der Waals surface area contributed by atoms with Crippen LogP contribution >= 0.6 is 0 Å². The Morgan fingerprint density at radius 3 is 3.00 bits per heavy atom. The van der Waals surface area contributed by atoms with Gasteiger partial charge in [0, 0.05) is 11.6 Å². The fraction of sp³-hybridized carbons (Fsp3) is 0.385. The summed E-state index contributed by atoms with van der Waals surface area (Å²) >= 11 is 0. The summed E-state index contributed by atoms with van der Waals surface area (Å²) in [4.78, 5) is 10.6. The number of hydrogen-bond donors (Lipinski definition) is 2. The van der Waals surface area contributed by atoms with Crippen LogP contribution in [0.3, 0.4) is 0 Å². The van der Waals surface area contributed by atoms with Gasteiger partial charge in [-0.1, -0.05) is 24.3 Å². The van der Waals surface area contributed by atoms with E-state index in [1.165, 1.54) is 11.1 Å². The summed E-state index contributed by atoms with van der Waals surface area (Å²) in [5.41, 5.74) is 10.9. The van der Waals surface area contributed by atoms with E-state index in [4.69, 9.17) is 5.73 Å². The molecule has 0 aromatic heterocycles. The SMILES string of the molecule is CC(=NNC(N)=O)C1CCCc2ccccc21. The van der Waals surface area contributed by atoms with Crippen LogP contribution in [0.4, 0.5) is 4.79 Å². The minimum absolute atomic E-state index is 0.298. The Balaban J connectivity index is 2.23. The van der Waals surface area contributed by atoms with Gasteiger partial charge in [0.25, 0.3) is 0 Å². The van der Waals surface area contributed by atoms with Gasteiger partial charge >= 0.3 is 6.03 Å². The van der Waals surface area contributed by atoms with Gasteiger partial charge in [0.05, 0.1) is 0 Å². The van der Waals surface area contributed by atoms with Crippen LogP contribution in [-0.2, 0) is 6.42 Å². The normalized spacial score (nSPS) is 19.6. The van der Waals surface area contributed by atoms with Gasteiger partial charge < -0.3 is 5.73 Å². The molecule has 0 saturated carbocycles. The molecule has 0 aliphatic heterocycles. The van der Waals surface area contributed by atoms with Crippen molar-refractivity contribution in [1.82, 2.24) is 5.43 Å². The molecule has 1 atom stereocenters. The molecule has 3 N–H and O–H groups in total. The second kappa shape index (κ2) is 4.99. The molecule has 2 rings (SSSR count). The van der Waals surface area contributed by atoms with Crippen molar-refractivity contribution < 1.29 is 4.79 Å². The van der Waals surface area contributed by atoms with Gasteiger partial charge in [0.2, 0.25) is 0 Å². The number of hydrazone groups is 1. The van der Waals surface area contributed by atoms with Gasteiger partial charge in [-0.3, -0.25) is 0 Å². The molecule has 17 heavy (non-hydrogen) atoms. The standard InChI is InChI=1S/C13H17N3O/c1-9(15-16-13(14)17)11-8-4-6-10-5-2-3-7-12(10)11/h2-3,5,7,11H,4,6,8H2,1H3,(H3,14,16,17). The maximum Gasteiger partial charge on any atom is 0.332 e. The third-order valence-electron chi connectivity index (χ3n) is 3.22. The number of hydrogen-bond acceptors (Lipinski definition) is 2. The number of primary amides is 1. The highest BCUT2D eigenvalue weighted by Gasteiger charge is 2.22. The summed E-state index contributed by atoms with van der Waals surface area (Å²) in [5.74, 6) is 0.298. The zero-order chi connectivity index (χ0) is 12.3. The van der Waals surface area contributed by atoms with Gasteiger partial charge in [-0.05, 0) is 37.3 Å². The van der Waals surface area contributed by atoms with E-state index in [1.807, 2.05) is 13.0 Å². The summed E-state index contributed by atoms with van der Waals surface area (Å²) in [6.07, 6.45) is 3.36. The van der Waals surface area contributed by atoms with Crippen LogP contribution < -0.4 is 11.2 Å². The van der Waals surface area contributed by atoms with Crippen LogP contribution in [0.2, 0.25) is 0 Å². The number of urea groups is 1. The van der Waals surface area contributed by atoms with Crippen molar-refractivity contribution in [2.75, 3.05) is 0 Å². The average molecular weight is 231 g/mol. The lowest BCUT2D eigenvalue weighted by molar-refractivity contribution is 0.249. The first kappa shape index (κ1) is 11.6. The molecule has 2 amide bonds. The molecular weight excluding hydrogens is 214 g/mol. The molecule has 0 radical (unpaired) electrons. The molecule has 1 aromatic rings. The van der Waals surface area contributed by atoms with E-state index in [2.05, 4.69) is 28.7 Å². The first-order chi connectivity index (χ1) is 8.18. The van der Waals surface area contributed by atoms with Crippen LogP contribution in [0, 0.1) is 0 Å². The molecule has 0 heterocycles. The van der Waals surface area contributed by atoms with Crippen molar-refractivity contribution in [2.45, 2.75) is 32.1 Å². The monoisotopic (exact) mass is 231 g/mol. The molecule has 1 aliphatic rings. The number of carbonyl (C=O) groups excluding carboxylic acids is 1. The number of nitrogens with one attached hydrogen (secondary N) is 1. The molecular formula is C13H17N3O. The molecule has 0 saturated heterocycles. The predicted molar refractivity (Wildman–Crippen MR) is 67.9 cm³/mol. The highest BCUT2D eigenvalue weighted by atomic mass is 16.2. The molecule has 4 heteroatoms. The molecule has 4 nitrogen and oxygen atoms in total. The van der Waals surface area contributed by atoms with Crippen LogP contribution in [0.5, 0.6) is 0 Å². The first-order valence-corrected chi connectivity index (χ1v) is 5.86. The lowest BCUT2D eigenvalue weighted by atomic mass is 9.80. The van der Waals surface area contributed by atoms with E-state index in [0.29, 0.717) is 5.92 Å². The number of nitrogens with two attached hydrogens (primary N) is 1. The van der Waals surface area contributed by atoms with Gasteiger partial charge in [-0.25, -0.2) is 10.2 Å². The highest BCUT2D eigenvalue weighted by molar-refractivity contribution is 5.90. The van der Waals surface area contributed by atoms with Crippen molar-refractivity contribution in [3.8, 4) is 0 Å². The van der Waals surface area contributed by atoms with Crippen LogP contribution in [-0.4, -0.2) is 11.7 Å². The zero-order valence-corrected chi connectivity index (χ0v) is 9.94. The van der Waals surface area contributed by atoms with Crippen molar-refractivity contribution in [2.24, 2.45) is 10.8 Å². The second-order valence-corrected chi connectivity index (χ2v) is 4.37. The first-order valence-electron chi connectivity index (χ1n) is 5.86. The maximum atomic E-state index is 10.6. The van der Waals surface area contributed by atoms with Crippen LogP contribution in [0.1, 0.15) is 36.8 Å². The fourth-order valence-electron chi connectivity index (χ4n) is 2.41. The highest BCUT2D eigenvalue weighted by Crippen LogP contribution is 2.32. The second-order valence-electron chi connectivity index (χ2n) is 4.37. The number of carbonyl (C=O) groups is 1. The average Bonchev–Trinajstić information content (AvgIpc) is 2.35. The number of fused-ring (bicyclic) bond motifs is 1. The predicted octanol–water partition coefficient (Wildman–Crippen LogP) is 2.15. The molecule has 0 fully saturated rings. The Labute approximate surface area is 101 Å². The topological polar surface area (TPSA) is 67.5 Å². The van der Waals surface area contributed by atoms with Gasteiger partial charge in [-0.15, -0.1) is 0 Å². The van der Waals surface area contributed by atoms with E-state index < -0.39 is 6.03 Å². The summed E-state index contributed by atoms with van der Waals surface area (Å²) < 4.78 is 0. The Hall–Kier alpha value is -1.84. The third kappa shape index (κ3) is 2.64. The van der Waals surface area contributed by atoms with Gasteiger partial charge in [-0.2, -0.15) is 5.10 Å². The Morgan fingerprint density at radius 2 is 2.24 bits per heavy atom. The van der Waals surface area contributed by atoms with E-state index in [0.717, 1.165) is 25.0 Å². The number of aryl methyl sites for hydroxylation is 1. The summed E-state index contributed by atoms with van der Waals surface area (Å²) in [5, 5.41) is 4.04. The molecule has 1 aliphatic carbocycles. The Bertz CT molecular complexity index is 454. The lowest BCUT2D eigenvalue weighted by Crippen LogP contribution is -2.27. The van der Waals surface area contributed by atoms with Gasteiger partial charge in [0.1, 0.15) is 0 Å². The van der Waals surface area contributed by atoms with E-state index in [1.54, 1.807) is 0 Å². The molecule has 1 aromatic carbocycles. The van der Waals surface area contributed by atoms with Gasteiger partial charge in [0.15, 0.2) is 0 Å². The Kier molecular flexibility index (Phi) is 3.42. The number of amides is 2. The number of nitrogens with zero attached hydrogens (tertiary/aromatic N) is 1. The summed E-state index contributed by atoms with van der Waals surface area (Å²) in [6, 6.07) is 7.80. The van der Waals surface area contributed by atoms with E-state index in [-0.39, 0.29) is 0 Å². The Morgan fingerprint density at radius 1 is 1.47 bits per heavy atom. The van der Waals surface area contributed by atoms with Crippen molar-refractivity contribution in [1.29, 1.82) is 0 Å². The maximum absolute atomic E-state index is 10.6. The number of benzene rings is 1. The molecule has 90 valence electrons. The minimum atomic E-state index is -0.617. The van der Waals surface area contributed by atoms with Crippen molar-refractivity contribution >= 4 is 11.7 Å². The third-order valence-corrected chi connectivity index (χ3v) is 3.22. The fourth-order valence-corrected chi connectivity index (χ4v) is 2.41. The zero-order valence-electron chi connectivity index (χ0n) is 9.94. The molecule has 0 spiro atoms. The smallest absolute Gasteiger partial charge is 0.332 e. The molecule has 0 bridgehead atoms. The minimum Gasteiger partial charge on any atom is -0.350 e. The summed E-state index contributed by atoms with van der Waals surface area (Å²) in [7, 11) is 0. The quantitative estimate of drug-likeness (QED) is 0.594. The largest absolute Gasteiger partial charge is 0.350 e. The van der Waals surface area contributed by atoms with E-state index >= 15 is 0 Å². The van der Waals surface area contributed by atoms with Crippen LogP contribution in [0.25, 0.3) is 0 Å². The lowest BCUT2D eigenvalue weighted by Gasteiger charge is -2.25. The van der Waals surface area contributed by atoms with Crippen molar-refractivity contribution in [3.63, 3.8) is 0 Å². The molecule has 1 unspecified atom stereocenters. The van der Waals surface area contributed by atoms with E-state index in [9.17, 15) is 4.79 Å². The van der Waals surface area contributed by atoms with Crippen molar-refractivity contribution in [3.05, 3.63) is 35.4 Å². The number of rotatable bonds is 2.